The van der Waals surface area contributed by atoms with Crippen LogP contribution in [0.4, 0.5) is 0 Å². The molecule has 18 heavy (non-hydrogen) atoms. The molecule has 0 bridgehead atoms. The Bertz CT molecular complexity index is 312. The number of rotatable bonds is 8. The molecule has 0 aliphatic rings. The normalized spacial score (nSPS) is 12.9. The minimum Gasteiger partial charge on any atom is -0.481 e. The zero-order chi connectivity index (χ0) is 13.6. The summed E-state index contributed by atoms with van der Waals surface area (Å²) in [5, 5.41) is 36.0. The predicted octanol–water partition coefficient (Wildman–Crippen LogP) is -3.02. The van der Waals surface area contributed by atoms with Gasteiger partial charge in [-0.2, -0.15) is 0 Å². The van der Waals surface area contributed by atoms with Crippen LogP contribution in [0.5, 0.6) is 0 Å². The summed E-state index contributed by atoms with van der Waals surface area (Å²) in [6, 6.07) is -3.32. The van der Waals surface area contributed by atoms with Gasteiger partial charge in [0.25, 0.3) is 0 Å². The Morgan fingerprint density at radius 1 is 0.778 bits per heavy atom. The molecule has 0 aliphatic carbocycles. The van der Waals surface area contributed by atoms with Gasteiger partial charge in [0.2, 0.25) is 0 Å². The van der Waals surface area contributed by atoms with Crippen LogP contribution in [0.1, 0.15) is 12.8 Å². The topological polar surface area (TPSA) is 161 Å². The number of hydrogen-bond acceptors (Lipinski definition) is 5. The van der Waals surface area contributed by atoms with E-state index in [9.17, 15) is 19.2 Å². The van der Waals surface area contributed by atoms with Crippen molar-refractivity contribution in [3.63, 3.8) is 0 Å². The van der Waals surface area contributed by atoms with Crippen LogP contribution in [-0.4, -0.2) is 67.4 Å². The molecule has 0 saturated carbocycles. The van der Waals surface area contributed by atoms with Crippen molar-refractivity contribution in [1.29, 1.82) is 0 Å². The predicted molar refractivity (Wildman–Crippen MR) is 61.8 cm³/mol. The summed E-state index contributed by atoms with van der Waals surface area (Å²) in [6.45, 7) is 0. The number of aliphatic carboxylic acids is 4. The Morgan fingerprint density at radius 3 is 1.22 bits per heavy atom. The molecule has 0 aromatic rings. The van der Waals surface area contributed by atoms with Crippen LogP contribution in [0.3, 0.4) is 0 Å². The van der Waals surface area contributed by atoms with Crippen molar-refractivity contribution in [2.75, 3.05) is 0 Å². The first-order chi connectivity index (χ1) is 7.73. The molecule has 104 valence electrons. The van der Waals surface area contributed by atoms with Gasteiger partial charge < -0.3 is 20.4 Å². The van der Waals surface area contributed by atoms with E-state index in [1.54, 1.807) is 0 Å². The summed E-state index contributed by atoms with van der Waals surface area (Å²) < 4.78 is 0. The van der Waals surface area contributed by atoms with Crippen LogP contribution in [0.2, 0.25) is 0 Å². The molecule has 5 N–H and O–H groups in total. The minimum atomic E-state index is -1.66. The number of hydrogen-bond donors (Lipinski definition) is 5. The number of carbonyl (C=O) groups is 4. The highest BCUT2D eigenvalue weighted by molar-refractivity contribution is 5.84. The maximum Gasteiger partial charge on any atom is 0.321 e. The third-order valence-electron chi connectivity index (χ3n) is 1.76. The molecule has 0 heterocycles. The zero-order valence-corrected chi connectivity index (χ0v) is 8.49. The van der Waals surface area contributed by atoms with Gasteiger partial charge in [-0.1, -0.05) is 0 Å². The maximum absolute atomic E-state index is 10.6. The summed E-state index contributed by atoms with van der Waals surface area (Å²) in [5.41, 5.74) is 0. The molecule has 9 nitrogen and oxygen atoms in total. The minimum absolute atomic E-state index is 0. The van der Waals surface area contributed by atoms with E-state index < -0.39 is 48.8 Å². The summed E-state index contributed by atoms with van der Waals surface area (Å²) in [6.07, 6.45) is -1.70. The van der Waals surface area contributed by atoms with Gasteiger partial charge in [-0.15, -0.1) is 0 Å². The van der Waals surface area contributed by atoms with E-state index in [4.69, 9.17) is 20.4 Å². The molecule has 0 saturated heterocycles. The molecule has 0 aliphatic heterocycles. The van der Waals surface area contributed by atoms with Crippen molar-refractivity contribution in [3.05, 3.63) is 0 Å². The molecule has 0 rings (SSSR count). The monoisotopic (exact) mass is 281 g/mol. The van der Waals surface area contributed by atoms with Gasteiger partial charge >= 0.3 is 23.9 Å². The second kappa shape index (κ2) is 8.19. The first-order valence-corrected chi connectivity index (χ1v) is 4.39. The number of carboxylic acid groups (broad SMARTS) is 4. The van der Waals surface area contributed by atoms with E-state index in [-0.39, 0.29) is 11.0 Å². The van der Waals surface area contributed by atoms with Crippen LogP contribution in [0.25, 0.3) is 0 Å². The molecule has 0 aromatic heterocycles. The molecule has 2 atom stereocenters. The molecule has 0 amide bonds. The van der Waals surface area contributed by atoms with Gasteiger partial charge in [0.15, 0.2) is 0 Å². The Hall–Kier alpha value is -1.94. The van der Waals surface area contributed by atoms with Crippen LogP contribution in [0.15, 0.2) is 0 Å². The highest BCUT2D eigenvalue weighted by atomic mass is 28.1. The van der Waals surface area contributed by atoms with Crippen molar-refractivity contribution in [2.45, 2.75) is 24.9 Å². The number of carboxylic acids is 4. The molecule has 2 unspecified atom stereocenters. The van der Waals surface area contributed by atoms with E-state index in [0.29, 0.717) is 0 Å². The quantitative estimate of drug-likeness (QED) is 0.291. The fourth-order valence-corrected chi connectivity index (χ4v) is 1.03. The van der Waals surface area contributed by atoms with E-state index in [2.05, 4.69) is 0 Å². The summed E-state index contributed by atoms with van der Waals surface area (Å²) in [5.74, 6) is -6.01. The Morgan fingerprint density at radius 2 is 1.06 bits per heavy atom. The summed E-state index contributed by atoms with van der Waals surface area (Å²) >= 11 is 0. The van der Waals surface area contributed by atoms with Crippen LogP contribution in [0, 0.1) is 0 Å². The van der Waals surface area contributed by atoms with Crippen LogP contribution < -0.4 is 5.32 Å². The molecule has 0 aromatic carbocycles. The third kappa shape index (κ3) is 7.35. The zero-order valence-electron chi connectivity index (χ0n) is 8.49. The van der Waals surface area contributed by atoms with Crippen molar-refractivity contribution >= 4 is 34.8 Å². The van der Waals surface area contributed by atoms with Gasteiger partial charge in [-0.3, -0.25) is 24.5 Å². The van der Waals surface area contributed by atoms with E-state index in [0.717, 1.165) is 0 Å². The highest BCUT2D eigenvalue weighted by Gasteiger charge is 2.29. The lowest BCUT2D eigenvalue weighted by Crippen LogP contribution is -2.48. The average molecular weight is 281 g/mol. The smallest absolute Gasteiger partial charge is 0.321 e. The van der Waals surface area contributed by atoms with E-state index in [1.807, 2.05) is 5.32 Å². The second-order valence-electron chi connectivity index (χ2n) is 3.14. The van der Waals surface area contributed by atoms with Crippen LogP contribution >= 0.6 is 0 Å². The lowest BCUT2D eigenvalue weighted by atomic mass is 10.1. The van der Waals surface area contributed by atoms with Crippen LogP contribution in [-0.2, 0) is 19.2 Å². The fourth-order valence-electron chi connectivity index (χ4n) is 1.03. The largest absolute Gasteiger partial charge is 0.481 e. The first kappa shape index (κ1) is 18.4. The molecule has 0 spiro atoms. The average Bonchev–Trinajstić information content (AvgIpc) is 2.13. The third-order valence-corrected chi connectivity index (χ3v) is 1.76. The number of nitrogens with one attached hydrogen (secondary N) is 1. The Kier molecular flexibility index (Phi) is 8.38. The van der Waals surface area contributed by atoms with Crippen molar-refractivity contribution in [1.82, 2.24) is 5.32 Å². The summed E-state index contributed by atoms with van der Waals surface area (Å²) in [7, 11) is 0. The lowest BCUT2D eigenvalue weighted by Gasteiger charge is -2.17. The molecule has 10 heteroatoms. The fraction of sp³-hybridized carbons (Fsp3) is 0.500. The Labute approximate surface area is 105 Å². The van der Waals surface area contributed by atoms with Crippen molar-refractivity contribution < 1.29 is 39.6 Å². The molecule has 0 radical (unpaired) electrons. The SMILES string of the molecule is O=C(O)CC(NC(CC(=O)O)C(=O)O)C(=O)O.[SiH4]. The van der Waals surface area contributed by atoms with Gasteiger partial charge in [0, 0.05) is 0 Å². The summed E-state index contributed by atoms with van der Waals surface area (Å²) in [4.78, 5) is 41.9. The van der Waals surface area contributed by atoms with Gasteiger partial charge in [0.05, 0.1) is 12.8 Å². The maximum atomic E-state index is 10.6. The first-order valence-electron chi connectivity index (χ1n) is 4.39. The standard InChI is InChI=1S/C8H11NO8.H4Si/c10-5(11)1-3(7(14)15)9-4(8(16)17)2-6(12)13;/h3-4,9H,1-2H2,(H,10,11)(H,12,13)(H,14,15)(H,16,17);1H4. The van der Waals surface area contributed by atoms with Crippen molar-refractivity contribution in [3.8, 4) is 0 Å². The second-order valence-corrected chi connectivity index (χ2v) is 3.14. The molecular weight excluding hydrogens is 266 g/mol. The van der Waals surface area contributed by atoms with Gasteiger partial charge in [0.1, 0.15) is 12.1 Å². The Balaban J connectivity index is 0. The van der Waals surface area contributed by atoms with Crippen molar-refractivity contribution in [2.24, 2.45) is 0 Å². The molecular formula is C8H15NO8Si. The van der Waals surface area contributed by atoms with Gasteiger partial charge in [-0.25, -0.2) is 0 Å². The van der Waals surface area contributed by atoms with E-state index in [1.165, 1.54) is 0 Å². The van der Waals surface area contributed by atoms with E-state index >= 15 is 0 Å². The molecule has 0 fully saturated rings. The lowest BCUT2D eigenvalue weighted by molar-refractivity contribution is -0.150. The van der Waals surface area contributed by atoms with Gasteiger partial charge in [-0.05, 0) is 11.0 Å². The highest BCUT2D eigenvalue weighted by Crippen LogP contribution is 2.00.